The van der Waals surface area contributed by atoms with Crippen LogP contribution in [-0.2, 0) is 5.41 Å². The largest absolute Gasteiger partial charge is 0.385 e. The number of hydrogen-bond donors (Lipinski definition) is 1. The van der Waals surface area contributed by atoms with E-state index >= 15 is 0 Å². The fraction of sp³-hybridized carbons (Fsp3) is 0.455. The number of fused-ring (bicyclic) bond motifs is 2. The monoisotopic (exact) mass is 237 g/mol. The minimum absolute atomic E-state index is 0.542. The highest BCUT2D eigenvalue weighted by Gasteiger charge is 2.47. The van der Waals surface area contributed by atoms with Crippen molar-refractivity contribution in [3.63, 3.8) is 0 Å². The maximum Gasteiger partial charge on any atom is 0.0389 e. The molecular weight excluding hydrogens is 226 g/mol. The van der Waals surface area contributed by atoms with Crippen molar-refractivity contribution in [2.45, 2.75) is 24.7 Å². The Morgan fingerprint density at radius 1 is 1.23 bits per heavy atom. The third-order valence-corrected chi connectivity index (χ3v) is 3.98. The van der Waals surface area contributed by atoms with Gasteiger partial charge in [-0.1, -0.05) is 22.0 Å². The highest BCUT2D eigenvalue weighted by atomic mass is 79.9. The van der Waals surface area contributed by atoms with Crippen molar-refractivity contribution in [3.05, 3.63) is 28.2 Å². The molecule has 1 aliphatic carbocycles. The molecule has 1 nitrogen and oxygen atoms in total. The van der Waals surface area contributed by atoms with Gasteiger partial charge in [0.05, 0.1) is 0 Å². The molecule has 3 rings (SSSR count). The zero-order valence-corrected chi connectivity index (χ0v) is 9.02. The lowest BCUT2D eigenvalue weighted by atomic mass is 9.88. The van der Waals surface area contributed by atoms with Gasteiger partial charge in [-0.2, -0.15) is 0 Å². The van der Waals surface area contributed by atoms with Crippen LogP contribution in [0.3, 0.4) is 0 Å². The number of hydrogen-bond acceptors (Lipinski definition) is 1. The zero-order chi connectivity index (χ0) is 8.89. The molecule has 0 radical (unpaired) electrons. The van der Waals surface area contributed by atoms with Crippen LogP contribution in [-0.4, -0.2) is 6.54 Å². The topological polar surface area (TPSA) is 12.0 Å². The van der Waals surface area contributed by atoms with Crippen molar-refractivity contribution in [1.29, 1.82) is 0 Å². The van der Waals surface area contributed by atoms with Gasteiger partial charge in [0.15, 0.2) is 0 Å². The molecule has 1 aromatic carbocycles. The van der Waals surface area contributed by atoms with E-state index in [0.29, 0.717) is 5.41 Å². The lowest BCUT2D eigenvalue weighted by Crippen LogP contribution is -2.22. The van der Waals surface area contributed by atoms with Crippen LogP contribution in [0.4, 0.5) is 5.69 Å². The van der Waals surface area contributed by atoms with Gasteiger partial charge in [-0.3, -0.25) is 0 Å². The predicted octanol–water partition coefficient (Wildman–Crippen LogP) is 3.30. The molecule has 1 fully saturated rings. The number of nitrogens with one attached hydrogen (secondary N) is 1. The van der Waals surface area contributed by atoms with E-state index in [-0.39, 0.29) is 0 Å². The third-order valence-electron chi connectivity index (χ3n) is 3.32. The van der Waals surface area contributed by atoms with Crippen molar-refractivity contribution in [2.24, 2.45) is 0 Å². The first-order chi connectivity index (χ1) is 6.32. The molecule has 1 heterocycles. The van der Waals surface area contributed by atoms with Crippen LogP contribution in [0, 0.1) is 0 Å². The molecular formula is C11H12BrN. The summed E-state index contributed by atoms with van der Waals surface area (Å²) in [4.78, 5) is 0. The van der Waals surface area contributed by atoms with Gasteiger partial charge >= 0.3 is 0 Å². The first-order valence-corrected chi connectivity index (χ1v) is 5.64. The van der Waals surface area contributed by atoms with Crippen LogP contribution in [0.15, 0.2) is 22.7 Å². The summed E-state index contributed by atoms with van der Waals surface area (Å²) in [7, 11) is 0. The average molecular weight is 238 g/mol. The van der Waals surface area contributed by atoms with Crippen molar-refractivity contribution in [1.82, 2.24) is 0 Å². The van der Waals surface area contributed by atoms with Crippen LogP contribution >= 0.6 is 15.9 Å². The van der Waals surface area contributed by atoms with Crippen LogP contribution in [0.25, 0.3) is 0 Å². The second-order valence-electron chi connectivity index (χ2n) is 4.12. The van der Waals surface area contributed by atoms with E-state index in [4.69, 9.17) is 0 Å². The average Bonchev–Trinajstić information content (AvgIpc) is 2.86. The Kier molecular flexibility index (Phi) is 1.51. The Morgan fingerprint density at radius 3 is 2.85 bits per heavy atom. The molecule has 0 unspecified atom stereocenters. The summed E-state index contributed by atoms with van der Waals surface area (Å²) in [6, 6.07) is 6.46. The zero-order valence-electron chi connectivity index (χ0n) is 7.44. The third kappa shape index (κ3) is 1.05. The molecule has 0 aromatic heterocycles. The van der Waals surface area contributed by atoms with Crippen LogP contribution in [0.1, 0.15) is 24.8 Å². The first-order valence-electron chi connectivity index (χ1n) is 4.85. The fourth-order valence-electron chi connectivity index (χ4n) is 2.42. The molecule has 2 heteroatoms. The van der Waals surface area contributed by atoms with E-state index in [1.165, 1.54) is 35.0 Å². The summed E-state index contributed by atoms with van der Waals surface area (Å²) in [6.45, 7) is 1.14. The highest BCUT2D eigenvalue weighted by Crippen LogP contribution is 2.57. The van der Waals surface area contributed by atoms with Gasteiger partial charge in [0.2, 0.25) is 0 Å². The number of benzene rings is 1. The number of anilines is 1. The number of halogens is 1. The highest BCUT2D eigenvalue weighted by molar-refractivity contribution is 9.10. The van der Waals surface area contributed by atoms with E-state index in [2.05, 4.69) is 39.4 Å². The molecule has 0 bridgehead atoms. The molecule has 1 saturated carbocycles. The Balaban J connectivity index is 2.21. The summed E-state index contributed by atoms with van der Waals surface area (Å²) >= 11 is 3.66. The van der Waals surface area contributed by atoms with E-state index in [1.54, 1.807) is 0 Å². The number of rotatable bonds is 0. The Morgan fingerprint density at radius 2 is 2.08 bits per heavy atom. The lowest BCUT2D eigenvalue weighted by Gasteiger charge is -2.27. The summed E-state index contributed by atoms with van der Waals surface area (Å²) in [5.41, 5.74) is 3.42. The van der Waals surface area contributed by atoms with E-state index < -0.39 is 0 Å². The lowest BCUT2D eigenvalue weighted by molar-refractivity contribution is 0.619. The predicted molar refractivity (Wildman–Crippen MR) is 58.2 cm³/mol. The summed E-state index contributed by atoms with van der Waals surface area (Å²) < 4.78 is 1.29. The van der Waals surface area contributed by atoms with Crippen molar-refractivity contribution >= 4 is 21.6 Å². The molecule has 1 spiro atoms. The van der Waals surface area contributed by atoms with E-state index in [1.807, 2.05) is 0 Å². The molecule has 68 valence electrons. The van der Waals surface area contributed by atoms with Crippen LogP contribution in [0.2, 0.25) is 0 Å². The summed E-state index contributed by atoms with van der Waals surface area (Å²) in [5, 5.41) is 3.47. The maximum absolute atomic E-state index is 3.66. The van der Waals surface area contributed by atoms with Gasteiger partial charge in [-0.15, -0.1) is 0 Å². The Bertz CT molecular complexity index is 355. The summed E-state index contributed by atoms with van der Waals surface area (Å²) in [5.74, 6) is 0. The minimum Gasteiger partial charge on any atom is -0.385 e. The first kappa shape index (κ1) is 7.86. The van der Waals surface area contributed by atoms with Crippen LogP contribution in [0.5, 0.6) is 0 Å². The molecule has 2 aliphatic rings. The maximum atomic E-state index is 3.66. The smallest absolute Gasteiger partial charge is 0.0389 e. The van der Waals surface area contributed by atoms with Crippen molar-refractivity contribution in [2.75, 3.05) is 11.9 Å². The molecule has 1 aliphatic heterocycles. The molecule has 0 saturated heterocycles. The van der Waals surface area contributed by atoms with E-state index in [0.717, 1.165) is 6.54 Å². The van der Waals surface area contributed by atoms with Gasteiger partial charge in [-0.25, -0.2) is 0 Å². The summed E-state index contributed by atoms with van der Waals surface area (Å²) in [6.07, 6.45) is 4.07. The Hall–Kier alpha value is -0.500. The SMILES string of the molecule is Brc1cccc2c1C1(CCN2)CC1. The van der Waals surface area contributed by atoms with Gasteiger partial charge in [0.25, 0.3) is 0 Å². The van der Waals surface area contributed by atoms with E-state index in [9.17, 15) is 0 Å². The molecule has 1 N–H and O–H groups in total. The molecule has 0 atom stereocenters. The molecule has 0 amide bonds. The van der Waals surface area contributed by atoms with Crippen molar-refractivity contribution < 1.29 is 0 Å². The molecule has 1 aromatic rings. The van der Waals surface area contributed by atoms with Gasteiger partial charge < -0.3 is 5.32 Å². The molecule has 13 heavy (non-hydrogen) atoms. The minimum atomic E-state index is 0.542. The van der Waals surface area contributed by atoms with Crippen LogP contribution < -0.4 is 5.32 Å². The fourth-order valence-corrected chi connectivity index (χ4v) is 3.21. The normalized spacial score (nSPS) is 22.2. The second-order valence-corrected chi connectivity index (χ2v) is 4.97. The quantitative estimate of drug-likeness (QED) is 0.731. The van der Waals surface area contributed by atoms with Gasteiger partial charge in [0.1, 0.15) is 0 Å². The Labute approximate surface area is 86.7 Å². The standard InChI is InChI=1S/C11H12BrN/c12-8-2-1-3-9-10(8)11(4-5-11)6-7-13-9/h1-3,13H,4-7H2. The van der Waals surface area contributed by atoms with Gasteiger partial charge in [0, 0.05) is 22.1 Å². The second kappa shape index (κ2) is 2.50. The van der Waals surface area contributed by atoms with Crippen molar-refractivity contribution in [3.8, 4) is 0 Å². The van der Waals surface area contributed by atoms with Gasteiger partial charge in [-0.05, 0) is 37.0 Å².